The van der Waals surface area contributed by atoms with Gasteiger partial charge in [0.15, 0.2) is 0 Å². The Balaban J connectivity index is 2.36. The van der Waals surface area contributed by atoms with Crippen LogP contribution in [0.3, 0.4) is 0 Å². The Hall–Kier alpha value is -0.570. The Morgan fingerprint density at radius 3 is 2.74 bits per heavy atom. The maximum atomic E-state index is 12.3. The minimum Gasteiger partial charge on any atom is -0.356 e. The first-order chi connectivity index (χ1) is 9.08. The SMILES string of the molecule is CCCCC(CC)CNC(=O)C1CC(N)CCC1C. The normalized spacial score (nSPS) is 28.9. The van der Waals surface area contributed by atoms with E-state index < -0.39 is 0 Å². The number of rotatable bonds is 7. The van der Waals surface area contributed by atoms with Crippen LogP contribution in [-0.4, -0.2) is 18.5 Å². The molecule has 3 heteroatoms. The van der Waals surface area contributed by atoms with Gasteiger partial charge in [-0.1, -0.05) is 40.0 Å². The van der Waals surface area contributed by atoms with Crippen LogP contribution in [0.15, 0.2) is 0 Å². The van der Waals surface area contributed by atoms with Gasteiger partial charge in [0.05, 0.1) is 0 Å². The molecule has 19 heavy (non-hydrogen) atoms. The minimum absolute atomic E-state index is 0.132. The molecular weight excluding hydrogens is 236 g/mol. The summed E-state index contributed by atoms with van der Waals surface area (Å²) in [6.45, 7) is 7.46. The molecule has 0 aromatic heterocycles. The molecule has 0 bridgehead atoms. The number of nitrogens with two attached hydrogens (primary N) is 1. The second-order valence-corrected chi connectivity index (χ2v) is 6.32. The van der Waals surface area contributed by atoms with Crippen molar-refractivity contribution in [2.24, 2.45) is 23.5 Å². The van der Waals surface area contributed by atoms with Crippen molar-refractivity contribution >= 4 is 5.91 Å². The average Bonchev–Trinajstić information content (AvgIpc) is 2.41. The van der Waals surface area contributed by atoms with Crippen molar-refractivity contribution < 1.29 is 4.79 Å². The molecule has 3 nitrogen and oxygen atoms in total. The van der Waals surface area contributed by atoms with Gasteiger partial charge in [-0.25, -0.2) is 0 Å². The van der Waals surface area contributed by atoms with E-state index in [-0.39, 0.29) is 17.9 Å². The van der Waals surface area contributed by atoms with Crippen LogP contribution in [0.25, 0.3) is 0 Å². The van der Waals surface area contributed by atoms with Gasteiger partial charge in [0.25, 0.3) is 0 Å². The minimum atomic E-state index is 0.132. The number of carbonyl (C=O) groups excluding carboxylic acids is 1. The van der Waals surface area contributed by atoms with E-state index in [4.69, 9.17) is 5.73 Å². The Bertz CT molecular complexity index is 267. The van der Waals surface area contributed by atoms with Crippen molar-refractivity contribution in [1.29, 1.82) is 0 Å². The highest BCUT2D eigenvalue weighted by Gasteiger charge is 2.31. The van der Waals surface area contributed by atoms with Crippen LogP contribution in [0, 0.1) is 17.8 Å². The van der Waals surface area contributed by atoms with Crippen LogP contribution in [0.1, 0.15) is 65.7 Å². The summed E-state index contributed by atoms with van der Waals surface area (Å²) in [5, 5.41) is 3.17. The molecule has 1 rings (SSSR count). The Morgan fingerprint density at radius 2 is 2.11 bits per heavy atom. The average molecular weight is 268 g/mol. The van der Waals surface area contributed by atoms with Gasteiger partial charge >= 0.3 is 0 Å². The van der Waals surface area contributed by atoms with E-state index in [9.17, 15) is 4.79 Å². The zero-order chi connectivity index (χ0) is 14.3. The second-order valence-electron chi connectivity index (χ2n) is 6.32. The van der Waals surface area contributed by atoms with Crippen LogP contribution in [-0.2, 0) is 4.79 Å². The summed E-state index contributed by atoms with van der Waals surface area (Å²) in [5.41, 5.74) is 5.99. The molecule has 0 spiro atoms. The van der Waals surface area contributed by atoms with E-state index in [2.05, 4.69) is 26.1 Å². The Kier molecular flexibility index (Phi) is 7.44. The predicted octanol–water partition coefficient (Wildman–Crippen LogP) is 3.08. The molecule has 1 aliphatic carbocycles. The topological polar surface area (TPSA) is 55.1 Å². The van der Waals surface area contributed by atoms with Crippen LogP contribution in [0.5, 0.6) is 0 Å². The molecule has 0 aromatic carbocycles. The smallest absolute Gasteiger partial charge is 0.223 e. The van der Waals surface area contributed by atoms with E-state index >= 15 is 0 Å². The molecule has 0 saturated heterocycles. The van der Waals surface area contributed by atoms with Gasteiger partial charge in [0.2, 0.25) is 5.91 Å². The van der Waals surface area contributed by atoms with E-state index in [1.165, 1.54) is 19.3 Å². The highest BCUT2D eigenvalue weighted by atomic mass is 16.1. The third-order valence-corrected chi connectivity index (χ3v) is 4.68. The van der Waals surface area contributed by atoms with Crippen molar-refractivity contribution in [3.8, 4) is 0 Å². The fourth-order valence-corrected chi connectivity index (χ4v) is 3.04. The summed E-state index contributed by atoms with van der Waals surface area (Å²) < 4.78 is 0. The van der Waals surface area contributed by atoms with Gasteiger partial charge in [0.1, 0.15) is 0 Å². The predicted molar refractivity (Wildman–Crippen MR) is 80.8 cm³/mol. The van der Waals surface area contributed by atoms with Gasteiger partial charge < -0.3 is 11.1 Å². The number of unbranched alkanes of at least 4 members (excludes halogenated alkanes) is 1. The quantitative estimate of drug-likeness (QED) is 0.745. The van der Waals surface area contributed by atoms with Crippen molar-refractivity contribution in [1.82, 2.24) is 5.32 Å². The van der Waals surface area contributed by atoms with Gasteiger partial charge in [-0.15, -0.1) is 0 Å². The van der Waals surface area contributed by atoms with Crippen LogP contribution >= 0.6 is 0 Å². The molecule has 0 aromatic rings. The number of nitrogens with one attached hydrogen (secondary N) is 1. The van der Waals surface area contributed by atoms with Crippen LogP contribution in [0.4, 0.5) is 0 Å². The molecule has 4 atom stereocenters. The van der Waals surface area contributed by atoms with Gasteiger partial charge in [-0.2, -0.15) is 0 Å². The molecule has 1 fully saturated rings. The van der Waals surface area contributed by atoms with E-state index in [0.29, 0.717) is 11.8 Å². The second kappa shape index (κ2) is 8.57. The summed E-state index contributed by atoms with van der Waals surface area (Å²) in [6.07, 6.45) is 7.90. The number of carbonyl (C=O) groups is 1. The third kappa shape index (κ3) is 5.52. The Morgan fingerprint density at radius 1 is 1.37 bits per heavy atom. The molecule has 0 heterocycles. The number of hydrogen-bond donors (Lipinski definition) is 2. The summed E-state index contributed by atoms with van der Waals surface area (Å²) >= 11 is 0. The first-order valence-corrected chi connectivity index (χ1v) is 8.11. The molecule has 1 amide bonds. The largest absolute Gasteiger partial charge is 0.356 e. The molecule has 3 N–H and O–H groups in total. The molecule has 4 unspecified atom stereocenters. The first kappa shape index (κ1) is 16.5. The summed E-state index contributed by atoms with van der Waals surface area (Å²) in [6, 6.07) is 0.217. The zero-order valence-corrected chi connectivity index (χ0v) is 13.0. The van der Waals surface area contributed by atoms with E-state index in [1.807, 2.05) is 0 Å². The summed E-state index contributed by atoms with van der Waals surface area (Å²) in [4.78, 5) is 12.3. The standard InChI is InChI=1S/C16H32N2O/c1-4-6-7-13(5-2)11-18-16(19)15-10-14(17)9-8-12(15)3/h12-15H,4-11,17H2,1-3H3,(H,18,19). The van der Waals surface area contributed by atoms with E-state index in [0.717, 1.165) is 32.2 Å². The lowest BCUT2D eigenvalue weighted by atomic mass is 9.77. The lowest BCUT2D eigenvalue weighted by molar-refractivity contribution is -0.127. The Labute approximate surface area is 118 Å². The van der Waals surface area contributed by atoms with Crippen LogP contribution in [0.2, 0.25) is 0 Å². The summed E-state index contributed by atoms with van der Waals surface area (Å²) in [5.74, 6) is 1.48. The zero-order valence-electron chi connectivity index (χ0n) is 13.0. The number of amides is 1. The molecule has 112 valence electrons. The first-order valence-electron chi connectivity index (χ1n) is 8.11. The monoisotopic (exact) mass is 268 g/mol. The maximum absolute atomic E-state index is 12.3. The van der Waals surface area contributed by atoms with Crippen molar-refractivity contribution in [2.75, 3.05) is 6.54 Å². The van der Waals surface area contributed by atoms with Crippen LogP contribution < -0.4 is 11.1 Å². The number of hydrogen-bond acceptors (Lipinski definition) is 2. The molecule has 0 radical (unpaired) electrons. The molecule has 1 saturated carbocycles. The molecule has 1 aliphatic rings. The summed E-state index contributed by atoms with van der Waals surface area (Å²) in [7, 11) is 0. The van der Waals surface area contributed by atoms with Crippen molar-refractivity contribution in [3.63, 3.8) is 0 Å². The van der Waals surface area contributed by atoms with Gasteiger partial charge in [-0.3, -0.25) is 4.79 Å². The third-order valence-electron chi connectivity index (χ3n) is 4.68. The van der Waals surface area contributed by atoms with E-state index in [1.54, 1.807) is 0 Å². The van der Waals surface area contributed by atoms with Gasteiger partial charge in [-0.05, 0) is 37.5 Å². The van der Waals surface area contributed by atoms with Gasteiger partial charge in [0, 0.05) is 18.5 Å². The lowest BCUT2D eigenvalue weighted by Gasteiger charge is -2.32. The highest BCUT2D eigenvalue weighted by Crippen LogP contribution is 2.29. The maximum Gasteiger partial charge on any atom is 0.223 e. The molecule has 0 aliphatic heterocycles. The highest BCUT2D eigenvalue weighted by molar-refractivity contribution is 5.79. The fraction of sp³-hybridized carbons (Fsp3) is 0.938. The van der Waals surface area contributed by atoms with Crippen molar-refractivity contribution in [2.45, 2.75) is 71.8 Å². The lowest BCUT2D eigenvalue weighted by Crippen LogP contribution is -2.42. The van der Waals surface area contributed by atoms with Crippen molar-refractivity contribution in [3.05, 3.63) is 0 Å². The molecular formula is C16H32N2O. The fourth-order valence-electron chi connectivity index (χ4n) is 3.04.